The van der Waals surface area contributed by atoms with Crippen LogP contribution in [0.25, 0.3) is 0 Å². The monoisotopic (exact) mass is 217 g/mol. The molecule has 0 saturated carbocycles. The van der Waals surface area contributed by atoms with Crippen molar-refractivity contribution in [1.82, 2.24) is 9.36 Å². The van der Waals surface area contributed by atoms with Gasteiger partial charge in [-0.2, -0.15) is 4.37 Å². The first kappa shape index (κ1) is 9.21. The lowest BCUT2D eigenvalue weighted by Gasteiger charge is -2.31. The molecule has 0 bridgehead atoms. The number of nitrogens with zero attached hydrogens (tertiary/aromatic N) is 3. The lowest BCUT2D eigenvalue weighted by molar-refractivity contribution is 0.450. The molecule has 1 atom stereocenters. The summed E-state index contributed by atoms with van der Waals surface area (Å²) in [5.41, 5.74) is 0. The molecule has 1 aromatic rings. The molecule has 0 N–H and O–H groups in total. The van der Waals surface area contributed by atoms with Gasteiger partial charge in [0.2, 0.25) is 5.13 Å². The number of hydrogen-bond donors (Lipinski definition) is 0. The summed E-state index contributed by atoms with van der Waals surface area (Å²) in [5.74, 6) is 1.38. The fourth-order valence-corrected chi connectivity index (χ4v) is 2.49. The molecule has 0 radical (unpaired) electrons. The second-order valence-corrected chi connectivity index (χ2v) is 4.40. The molecule has 0 spiro atoms. The summed E-state index contributed by atoms with van der Waals surface area (Å²) >= 11 is 7.31. The Morgan fingerprint density at radius 3 is 3.31 bits per heavy atom. The van der Waals surface area contributed by atoms with E-state index in [0.29, 0.717) is 5.92 Å². The predicted molar refractivity (Wildman–Crippen MR) is 55.6 cm³/mol. The van der Waals surface area contributed by atoms with Crippen molar-refractivity contribution >= 4 is 28.3 Å². The van der Waals surface area contributed by atoms with Crippen LogP contribution in [0.1, 0.15) is 12.8 Å². The molecule has 0 aromatic carbocycles. The highest BCUT2D eigenvalue weighted by molar-refractivity contribution is 7.09. The third-order valence-corrected chi connectivity index (χ3v) is 3.52. The third kappa shape index (κ3) is 2.11. The second-order valence-electron chi connectivity index (χ2n) is 3.33. The summed E-state index contributed by atoms with van der Waals surface area (Å²) in [6.45, 7) is 2.14. The summed E-state index contributed by atoms with van der Waals surface area (Å²) in [4.78, 5) is 6.48. The topological polar surface area (TPSA) is 29.0 Å². The average molecular weight is 218 g/mol. The summed E-state index contributed by atoms with van der Waals surface area (Å²) in [6.07, 6.45) is 4.08. The van der Waals surface area contributed by atoms with Crippen LogP contribution in [-0.4, -0.2) is 28.3 Å². The minimum Gasteiger partial charge on any atom is -0.347 e. The van der Waals surface area contributed by atoms with Gasteiger partial charge in [0.15, 0.2) is 0 Å². The van der Waals surface area contributed by atoms with Gasteiger partial charge in [0, 0.05) is 30.5 Å². The summed E-state index contributed by atoms with van der Waals surface area (Å²) < 4.78 is 4.00. The van der Waals surface area contributed by atoms with E-state index in [1.165, 1.54) is 24.4 Å². The Balaban J connectivity index is 2.00. The standard InChI is InChI=1S/C8H12ClN3S/c9-4-7-2-1-3-12(5-7)8-10-6-11-13-8/h6-7H,1-5H2. The summed E-state index contributed by atoms with van der Waals surface area (Å²) in [7, 11) is 0. The van der Waals surface area contributed by atoms with Crippen molar-refractivity contribution in [2.24, 2.45) is 5.92 Å². The maximum absolute atomic E-state index is 5.85. The number of rotatable bonds is 2. The maximum Gasteiger partial charge on any atom is 0.204 e. The molecule has 1 unspecified atom stereocenters. The van der Waals surface area contributed by atoms with Gasteiger partial charge in [0.25, 0.3) is 0 Å². The molecule has 2 rings (SSSR count). The zero-order valence-corrected chi connectivity index (χ0v) is 8.89. The average Bonchev–Trinajstić information content (AvgIpc) is 2.71. The highest BCUT2D eigenvalue weighted by atomic mass is 35.5. The Hall–Kier alpha value is -0.350. The first-order chi connectivity index (χ1) is 6.40. The summed E-state index contributed by atoms with van der Waals surface area (Å²) in [5, 5.41) is 1.04. The van der Waals surface area contributed by atoms with Crippen molar-refractivity contribution < 1.29 is 0 Å². The molecule has 72 valence electrons. The normalized spacial score (nSPS) is 23.5. The van der Waals surface area contributed by atoms with Crippen molar-refractivity contribution in [3.05, 3.63) is 6.33 Å². The first-order valence-corrected chi connectivity index (χ1v) is 5.78. The highest BCUT2D eigenvalue weighted by Crippen LogP contribution is 2.23. The Morgan fingerprint density at radius 1 is 1.69 bits per heavy atom. The number of piperidine rings is 1. The lowest BCUT2D eigenvalue weighted by atomic mass is 10.0. The molecule has 1 saturated heterocycles. The van der Waals surface area contributed by atoms with Crippen LogP contribution in [0, 0.1) is 5.92 Å². The molecule has 1 fully saturated rings. The van der Waals surface area contributed by atoms with E-state index in [-0.39, 0.29) is 0 Å². The SMILES string of the molecule is ClCC1CCCN(c2ncns2)C1. The van der Waals surface area contributed by atoms with E-state index >= 15 is 0 Å². The molecule has 3 nitrogen and oxygen atoms in total. The van der Waals surface area contributed by atoms with Gasteiger partial charge >= 0.3 is 0 Å². The molecule has 0 amide bonds. The fraction of sp³-hybridized carbons (Fsp3) is 0.750. The van der Waals surface area contributed by atoms with E-state index in [0.717, 1.165) is 24.1 Å². The van der Waals surface area contributed by atoms with Gasteiger partial charge in [0.1, 0.15) is 6.33 Å². The highest BCUT2D eigenvalue weighted by Gasteiger charge is 2.20. The Labute approximate surface area is 86.9 Å². The zero-order valence-electron chi connectivity index (χ0n) is 7.32. The molecule has 1 aliphatic rings. The minimum absolute atomic E-state index is 0.624. The minimum atomic E-state index is 0.624. The van der Waals surface area contributed by atoms with Gasteiger partial charge in [0.05, 0.1) is 0 Å². The third-order valence-electron chi connectivity index (χ3n) is 2.36. The van der Waals surface area contributed by atoms with Crippen molar-refractivity contribution in [3.8, 4) is 0 Å². The largest absolute Gasteiger partial charge is 0.347 e. The van der Waals surface area contributed by atoms with Gasteiger partial charge in [-0.1, -0.05) is 0 Å². The number of alkyl halides is 1. The van der Waals surface area contributed by atoms with Crippen molar-refractivity contribution in [2.45, 2.75) is 12.8 Å². The van der Waals surface area contributed by atoms with E-state index in [2.05, 4.69) is 14.3 Å². The fourth-order valence-electron chi connectivity index (χ4n) is 1.67. The molecule has 2 heterocycles. The number of aromatic nitrogens is 2. The van der Waals surface area contributed by atoms with Crippen LogP contribution in [0.2, 0.25) is 0 Å². The van der Waals surface area contributed by atoms with Crippen molar-refractivity contribution in [2.75, 3.05) is 23.9 Å². The van der Waals surface area contributed by atoms with E-state index in [1.54, 1.807) is 6.33 Å². The smallest absolute Gasteiger partial charge is 0.204 e. The molecular weight excluding hydrogens is 206 g/mol. The van der Waals surface area contributed by atoms with Gasteiger partial charge in [-0.3, -0.25) is 0 Å². The lowest BCUT2D eigenvalue weighted by Crippen LogP contribution is -2.35. The quantitative estimate of drug-likeness (QED) is 0.710. The van der Waals surface area contributed by atoms with E-state index in [4.69, 9.17) is 11.6 Å². The summed E-state index contributed by atoms with van der Waals surface area (Å²) in [6, 6.07) is 0. The van der Waals surface area contributed by atoms with Gasteiger partial charge < -0.3 is 4.90 Å². The molecule has 1 aliphatic heterocycles. The van der Waals surface area contributed by atoms with Crippen LogP contribution in [0.4, 0.5) is 5.13 Å². The zero-order chi connectivity index (χ0) is 9.10. The second kappa shape index (κ2) is 4.24. The molecule has 0 aliphatic carbocycles. The van der Waals surface area contributed by atoms with Crippen molar-refractivity contribution in [1.29, 1.82) is 0 Å². The van der Waals surface area contributed by atoms with Gasteiger partial charge in [-0.15, -0.1) is 11.6 Å². The van der Waals surface area contributed by atoms with Crippen LogP contribution in [-0.2, 0) is 0 Å². The molecule has 5 heteroatoms. The predicted octanol–water partition coefficient (Wildman–Crippen LogP) is 1.99. The van der Waals surface area contributed by atoms with E-state index in [9.17, 15) is 0 Å². The van der Waals surface area contributed by atoms with Crippen molar-refractivity contribution in [3.63, 3.8) is 0 Å². The number of halogens is 1. The van der Waals surface area contributed by atoms with E-state index in [1.807, 2.05) is 0 Å². The van der Waals surface area contributed by atoms with Gasteiger partial charge in [-0.05, 0) is 18.8 Å². The Bertz CT molecular complexity index is 252. The van der Waals surface area contributed by atoms with Gasteiger partial charge in [-0.25, -0.2) is 4.98 Å². The van der Waals surface area contributed by atoms with E-state index < -0.39 is 0 Å². The molecule has 13 heavy (non-hydrogen) atoms. The van der Waals surface area contributed by atoms with Crippen LogP contribution < -0.4 is 4.90 Å². The molecular formula is C8H12ClN3S. The number of hydrogen-bond acceptors (Lipinski definition) is 4. The first-order valence-electron chi connectivity index (χ1n) is 4.47. The Morgan fingerprint density at radius 2 is 2.62 bits per heavy atom. The van der Waals surface area contributed by atoms with Crippen LogP contribution in [0.3, 0.4) is 0 Å². The Kier molecular flexibility index (Phi) is 3.01. The molecule has 1 aromatic heterocycles. The van der Waals surface area contributed by atoms with Crippen LogP contribution in [0.15, 0.2) is 6.33 Å². The van der Waals surface area contributed by atoms with Crippen LogP contribution in [0.5, 0.6) is 0 Å². The van der Waals surface area contributed by atoms with Crippen LogP contribution >= 0.6 is 23.1 Å². The maximum atomic E-state index is 5.85. The number of anilines is 1.